The third-order valence-corrected chi connectivity index (χ3v) is 4.78. The predicted octanol–water partition coefficient (Wildman–Crippen LogP) is 1.61. The van der Waals surface area contributed by atoms with Crippen LogP contribution in [0.15, 0.2) is 0 Å². The van der Waals surface area contributed by atoms with Gasteiger partial charge in [0, 0.05) is 0 Å². The molecule has 0 fully saturated rings. The molecule has 0 saturated heterocycles. The lowest BCUT2D eigenvalue weighted by molar-refractivity contribution is -0.139. The van der Waals surface area contributed by atoms with Crippen LogP contribution in [0.5, 0.6) is 0 Å². The third-order valence-electron chi connectivity index (χ3n) is 0.990. The summed E-state index contributed by atoms with van der Waals surface area (Å²) in [4.78, 5) is 10.7. The Morgan fingerprint density at radius 3 is 2.22 bits per heavy atom. The van der Waals surface area contributed by atoms with E-state index in [4.69, 9.17) is 0 Å². The van der Waals surface area contributed by atoms with E-state index in [1.165, 1.54) is 7.11 Å². The van der Waals surface area contributed by atoms with E-state index in [1.54, 1.807) is 0 Å². The average molecular weight is 184 g/mol. The molecule has 9 heavy (non-hydrogen) atoms. The van der Waals surface area contributed by atoms with Gasteiger partial charge in [-0.15, -0.1) is 17.9 Å². The summed E-state index contributed by atoms with van der Waals surface area (Å²) in [5, 5.41) is 0. The Kier molecular flexibility index (Phi) is 4.94. The Hall–Kier alpha value is 0.760. The molecule has 0 amide bonds. The van der Waals surface area contributed by atoms with Crippen molar-refractivity contribution < 1.29 is 9.53 Å². The van der Waals surface area contributed by atoms with Gasteiger partial charge < -0.3 is 4.74 Å². The zero-order chi connectivity index (χ0) is 7.44. The first-order valence-electron chi connectivity index (χ1n) is 2.46. The highest BCUT2D eigenvalue weighted by atomic mass is 32.4. The van der Waals surface area contributed by atoms with Crippen LogP contribution in [-0.2, 0) is 9.53 Å². The van der Waals surface area contributed by atoms with Gasteiger partial charge in [0.2, 0.25) is 0 Å². The van der Waals surface area contributed by atoms with Gasteiger partial charge in [-0.1, -0.05) is 7.30 Å². The zero-order valence-electron chi connectivity index (χ0n) is 5.50. The van der Waals surface area contributed by atoms with E-state index in [0.717, 1.165) is 0 Å². The van der Waals surface area contributed by atoms with Gasteiger partial charge in [0.05, 0.1) is 12.8 Å². The fourth-order valence-electron chi connectivity index (χ4n) is 0.292. The van der Waals surface area contributed by atoms with E-state index in [-0.39, 0.29) is 18.9 Å². The summed E-state index contributed by atoms with van der Waals surface area (Å²) < 4.78 is 4.52. The van der Waals surface area contributed by atoms with Crippen molar-refractivity contribution in [1.82, 2.24) is 0 Å². The summed E-state index contributed by atoms with van der Waals surface area (Å²) in [5.74, 6) is -0.133. The van der Waals surface area contributed by atoms with E-state index in [9.17, 15) is 4.79 Å². The van der Waals surface area contributed by atoms with Crippen LogP contribution in [0.3, 0.4) is 0 Å². The number of ether oxygens (including phenoxy) is 1. The molecule has 0 saturated carbocycles. The molecule has 0 aromatic carbocycles. The van der Waals surface area contributed by atoms with E-state index in [1.807, 2.05) is 6.92 Å². The SMILES string of the molecule is COC(=O)C(C)P(P)P. The normalized spacial score (nSPS) is 13.4. The number of carbonyl (C=O) groups excluding carboxylic acids is 1. The number of hydrogen-bond acceptors (Lipinski definition) is 2. The van der Waals surface area contributed by atoms with Crippen molar-refractivity contribution in [1.29, 1.82) is 0 Å². The topological polar surface area (TPSA) is 26.3 Å². The fraction of sp³-hybridized carbons (Fsp3) is 0.750. The average Bonchev–Trinajstić information content (AvgIpc) is 1.84. The van der Waals surface area contributed by atoms with Crippen LogP contribution in [0.2, 0.25) is 0 Å². The van der Waals surface area contributed by atoms with Gasteiger partial charge in [-0.2, -0.15) is 0 Å². The van der Waals surface area contributed by atoms with Crippen molar-refractivity contribution >= 4 is 31.1 Å². The second-order valence-electron chi connectivity index (χ2n) is 1.65. The second-order valence-corrected chi connectivity index (χ2v) is 8.68. The third kappa shape index (κ3) is 3.46. The van der Waals surface area contributed by atoms with Crippen LogP contribution >= 0.6 is 25.2 Å². The molecule has 0 radical (unpaired) electrons. The van der Waals surface area contributed by atoms with E-state index >= 15 is 0 Å². The zero-order valence-corrected chi connectivity index (χ0v) is 8.70. The lowest BCUT2D eigenvalue weighted by Crippen LogP contribution is -2.13. The lowest BCUT2D eigenvalue weighted by atomic mass is 10.5. The molecule has 0 rings (SSSR count). The maximum atomic E-state index is 10.7. The summed E-state index contributed by atoms with van der Waals surface area (Å²) in [6, 6.07) is 0. The maximum Gasteiger partial charge on any atom is 0.313 e. The summed E-state index contributed by atoms with van der Waals surface area (Å²) in [7, 11) is 6.26. The molecule has 0 aliphatic carbocycles. The number of methoxy groups -OCH3 is 1. The van der Waals surface area contributed by atoms with Gasteiger partial charge in [-0.05, 0) is 6.92 Å². The van der Waals surface area contributed by atoms with Crippen LogP contribution in [-0.4, -0.2) is 18.7 Å². The van der Waals surface area contributed by atoms with Crippen molar-refractivity contribution in [3.63, 3.8) is 0 Å². The van der Waals surface area contributed by atoms with Gasteiger partial charge >= 0.3 is 5.97 Å². The molecule has 0 heterocycles. The van der Waals surface area contributed by atoms with Crippen LogP contribution in [0.1, 0.15) is 6.92 Å². The van der Waals surface area contributed by atoms with Gasteiger partial charge in [0.15, 0.2) is 0 Å². The Bertz CT molecular complexity index is 104. The number of hydrogen-bond donors (Lipinski definition) is 0. The number of rotatable bonds is 2. The summed E-state index contributed by atoms with van der Waals surface area (Å²) in [6.07, 6.45) is 0. The number of carbonyl (C=O) groups is 1. The maximum absolute atomic E-state index is 10.7. The molecule has 0 N–H and O–H groups in total. The smallest absolute Gasteiger partial charge is 0.313 e. The van der Waals surface area contributed by atoms with E-state index < -0.39 is 0 Å². The molecule has 54 valence electrons. The lowest BCUT2D eigenvalue weighted by Gasteiger charge is -2.11. The van der Waals surface area contributed by atoms with Crippen LogP contribution in [0.25, 0.3) is 0 Å². The Morgan fingerprint density at radius 2 is 2.11 bits per heavy atom. The monoisotopic (exact) mass is 184 g/mol. The minimum Gasteiger partial charge on any atom is -0.469 e. The first kappa shape index (κ1) is 9.76. The standard InChI is InChI=1S/C4H11O2P3/c1-3(9(7)8)4(5)6-2/h3H,7-8H2,1-2H3. The Balaban J connectivity index is 3.72. The minimum absolute atomic E-state index is 0.0139. The van der Waals surface area contributed by atoms with Crippen molar-refractivity contribution in [2.45, 2.75) is 12.6 Å². The van der Waals surface area contributed by atoms with Crippen molar-refractivity contribution in [3.05, 3.63) is 0 Å². The number of esters is 1. The highest BCUT2D eigenvalue weighted by Gasteiger charge is 2.16. The molecular formula is C4H11O2P3. The molecule has 0 bridgehead atoms. The van der Waals surface area contributed by atoms with Crippen LogP contribution in [0, 0.1) is 0 Å². The van der Waals surface area contributed by atoms with Crippen molar-refractivity contribution in [2.24, 2.45) is 0 Å². The highest BCUT2D eigenvalue weighted by molar-refractivity contribution is 8.43. The summed E-state index contributed by atoms with van der Waals surface area (Å²) in [6.45, 7) is 1.86. The molecule has 0 aromatic rings. The molecule has 2 nitrogen and oxygen atoms in total. The molecular weight excluding hydrogens is 173 g/mol. The largest absolute Gasteiger partial charge is 0.469 e. The first-order chi connectivity index (χ1) is 4.09. The van der Waals surface area contributed by atoms with Crippen LogP contribution in [0.4, 0.5) is 0 Å². The summed E-state index contributed by atoms with van der Waals surface area (Å²) >= 11 is 0. The molecule has 0 aromatic heterocycles. The second kappa shape index (κ2) is 4.56. The molecule has 3 unspecified atom stereocenters. The van der Waals surface area contributed by atoms with Crippen LogP contribution < -0.4 is 0 Å². The molecule has 0 aliphatic heterocycles. The van der Waals surface area contributed by atoms with Gasteiger partial charge in [0.1, 0.15) is 0 Å². The summed E-state index contributed by atoms with van der Waals surface area (Å²) in [5.41, 5.74) is 0.0139. The first-order valence-corrected chi connectivity index (χ1v) is 7.10. The minimum atomic E-state index is -0.348. The van der Waals surface area contributed by atoms with Crippen molar-refractivity contribution in [2.75, 3.05) is 7.11 Å². The predicted molar refractivity (Wildman–Crippen MR) is 47.8 cm³/mol. The van der Waals surface area contributed by atoms with E-state index in [2.05, 4.69) is 22.6 Å². The Labute approximate surface area is 61.1 Å². The van der Waals surface area contributed by atoms with E-state index in [0.29, 0.717) is 0 Å². The molecule has 5 heteroatoms. The molecule has 3 atom stereocenters. The fourth-order valence-corrected chi connectivity index (χ4v) is 1.37. The van der Waals surface area contributed by atoms with Gasteiger partial charge in [0.25, 0.3) is 0 Å². The quantitative estimate of drug-likeness (QED) is 0.481. The Morgan fingerprint density at radius 1 is 1.67 bits per heavy atom. The van der Waals surface area contributed by atoms with Gasteiger partial charge in [-0.3, -0.25) is 4.79 Å². The molecule has 0 spiro atoms. The van der Waals surface area contributed by atoms with Crippen molar-refractivity contribution in [3.8, 4) is 0 Å². The molecule has 0 aliphatic rings. The highest BCUT2D eigenvalue weighted by Crippen LogP contribution is 2.56. The van der Waals surface area contributed by atoms with Gasteiger partial charge in [-0.25, -0.2) is 0 Å².